The van der Waals surface area contributed by atoms with E-state index in [-0.39, 0.29) is 12.8 Å². The Bertz CT molecular complexity index is 1300. The molecule has 3 rings (SSSR count). The Morgan fingerprint density at radius 3 is 2.40 bits per heavy atom. The van der Waals surface area contributed by atoms with Crippen molar-refractivity contribution in [1.29, 1.82) is 0 Å². The van der Waals surface area contributed by atoms with E-state index in [0.29, 0.717) is 17.9 Å². The zero-order valence-corrected chi connectivity index (χ0v) is 23.0. The molecule has 9 N–H and O–H groups in total. The van der Waals surface area contributed by atoms with Crippen LogP contribution in [0.3, 0.4) is 0 Å². The number of carbonyl (C=O) groups is 4. The van der Waals surface area contributed by atoms with Gasteiger partial charge in [0.25, 0.3) is 0 Å². The fourth-order valence-electron chi connectivity index (χ4n) is 4.12. The lowest BCUT2D eigenvalue weighted by Crippen LogP contribution is -2.60. The van der Waals surface area contributed by atoms with Crippen LogP contribution in [0.5, 0.6) is 0 Å². The third-order valence-corrected chi connectivity index (χ3v) is 7.00. The van der Waals surface area contributed by atoms with E-state index in [1.807, 2.05) is 30.5 Å². The summed E-state index contributed by atoms with van der Waals surface area (Å²) in [5.74, 6) is -2.82. The summed E-state index contributed by atoms with van der Waals surface area (Å²) in [6, 6.07) is 2.64. The second-order valence-corrected chi connectivity index (χ2v) is 10.4. The first kappa shape index (κ1) is 30.7. The van der Waals surface area contributed by atoms with Crippen molar-refractivity contribution in [1.82, 2.24) is 30.9 Å². The number of nitrogens with one attached hydrogen (secondary N) is 5. The summed E-state index contributed by atoms with van der Waals surface area (Å²) in [7, 11) is 0. The van der Waals surface area contributed by atoms with Crippen molar-refractivity contribution in [3.8, 4) is 0 Å². The fraction of sp³-hybridized carbons (Fsp3) is 0.423. The van der Waals surface area contributed by atoms with Crippen LogP contribution in [0.2, 0.25) is 0 Å². The zero-order valence-electron chi connectivity index (χ0n) is 22.2. The molecule has 0 fully saturated rings. The van der Waals surface area contributed by atoms with Crippen molar-refractivity contribution in [3.05, 3.63) is 54.2 Å². The van der Waals surface area contributed by atoms with E-state index in [1.165, 1.54) is 31.2 Å². The largest absolute Gasteiger partial charge is 0.480 e. The minimum atomic E-state index is -1.50. The molecule has 3 amide bonds. The lowest BCUT2D eigenvalue weighted by Gasteiger charge is -2.26. The summed E-state index contributed by atoms with van der Waals surface area (Å²) in [5, 5.41) is 28.3. The summed E-state index contributed by atoms with van der Waals surface area (Å²) >= 11 is 1.54. The van der Waals surface area contributed by atoms with Gasteiger partial charge in [-0.1, -0.05) is 18.2 Å². The first-order chi connectivity index (χ1) is 19.1. The molecule has 0 saturated carbocycles. The van der Waals surface area contributed by atoms with Gasteiger partial charge in [-0.15, -0.1) is 0 Å². The number of hydrogen-bond donors (Lipinski definition) is 8. The Hall–Kier alpha value is -3.88. The molecule has 3 aromatic rings. The van der Waals surface area contributed by atoms with Gasteiger partial charge in [0.2, 0.25) is 17.7 Å². The number of thioether (sulfide) groups is 1. The molecule has 0 aliphatic carbocycles. The number of aliphatic hydroxyl groups excluding tert-OH is 1. The van der Waals surface area contributed by atoms with Crippen LogP contribution in [0.1, 0.15) is 24.6 Å². The molecule has 0 spiro atoms. The highest BCUT2D eigenvalue weighted by atomic mass is 32.2. The van der Waals surface area contributed by atoms with Crippen molar-refractivity contribution >= 4 is 46.4 Å². The molecule has 0 aliphatic heterocycles. The predicted molar refractivity (Wildman–Crippen MR) is 150 cm³/mol. The number of aliphatic carboxylic acids is 1. The SMILES string of the molecule is CSCCC(N)C(=O)NC(Cc1c[nH]c2ccccc12)C(=O)NC(C(=O)NC(Cc1cnc[nH]1)C(=O)O)C(C)O. The Morgan fingerprint density at radius 2 is 1.75 bits per heavy atom. The number of fused-ring (bicyclic) bond motifs is 1. The lowest BCUT2D eigenvalue weighted by molar-refractivity contribution is -0.143. The maximum Gasteiger partial charge on any atom is 0.326 e. The molecular formula is C26H35N7O6S. The van der Waals surface area contributed by atoms with Crippen molar-refractivity contribution < 1.29 is 29.4 Å². The van der Waals surface area contributed by atoms with Gasteiger partial charge in [0.05, 0.1) is 18.5 Å². The first-order valence-electron chi connectivity index (χ1n) is 12.7. The second kappa shape index (κ2) is 14.5. The van der Waals surface area contributed by atoms with Gasteiger partial charge in [-0.3, -0.25) is 14.4 Å². The van der Waals surface area contributed by atoms with Crippen molar-refractivity contribution in [2.24, 2.45) is 5.73 Å². The number of carbonyl (C=O) groups excluding carboxylic acids is 3. The zero-order chi connectivity index (χ0) is 29.2. The van der Waals surface area contributed by atoms with Gasteiger partial charge in [-0.05, 0) is 37.0 Å². The monoisotopic (exact) mass is 573 g/mol. The number of carboxylic acids is 1. The number of para-hydroxylation sites is 1. The minimum absolute atomic E-state index is 0.0720. The molecule has 5 atom stereocenters. The van der Waals surface area contributed by atoms with Crippen LogP contribution < -0.4 is 21.7 Å². The van der Waals surface area contributed by atoms with Crippen LogP contribution in [-0.2, 0) is 32.0 Å². The number of aromatic amines is 2. The van der Waals surface area contributed by atoms with Crippen molar-refractivity contribution in [2.75, 3.05) is 12.0 Å². The number of aromatic nitrogens is 3. The van der Waals surface area contributed by atoms with Gasteiger partial charge in [0, 0.05) is 41.8 Å². The van der Waals surface area contributed by atoms with Crippen LogP contribution in [0.25, 0.3) is 10.9 Å². The molecule has 0 radical (unpaired) electrons. The average molecular weight is 574 g/mol. The van der Waals surface area contributed by atoms with Gasteiger partial charge in [-0.25, -0.2) is 9.78 Å². The van der Waals surface area contributed by atoms with Crippen LogP contribution in [0.15, 0.2) is 43.0 Å². The maximum absolute atomic E-state index is 13.5. The van der Waals surface area contributed by atoms with Crippen molar-refractivity contribution in [2.45, 2.75) is 56.5 Å². The number of benzene rings is 1. The fourth-order valence-corrected chi connectivity index (χ4v) is 4.61. The van der Waals surface area contributed by atoms with E-state index in [1.54, 1.807) is 6.20 Å². The third-order valence-electron chi connectivity index (χ3n) is 6.36. The smallest absolute Gasteiger partial charge is 0.326 e. The number of amides is 3. The summed E-state index contributed by atoms with van der Waals surface area (Å²) in [6.45, 7) is 1.29. The molecule has 0 bridgehead atoms. The molecule has 14 heteroatoms. The number of aliphatic hydroxyl groups is 1. The van der Waals surface area contributed by atoms with E-state index >= 15 is 0 Å². The third kappa shape index (κ3) is 8.31. The van der Waals surface area contributed by atoms with E-state index < -0.39 is 54.0 Å². The Kier molecular flexibility index (Phi) is 11.1. The summed E-state index contributed by atoms with van der Waals surface area (Å²) in [6.07, 6.45) is 5.44. The van der Waals surface area contributed by atoms with Gasteiger partial charge in [0.1, 0.15) is 18.1 Å². The van der Waals surface area contributed by atoms with Gasteiger partial charge in [0.15, 0.2) is 0 Å². The van der Waals surface area contributed by atoms with Gasteiger partial charge >= 0.3 is 5.97 Å². The van der Waals surface area contributed by atoms with Crippen LogP contribution in [0.4, 0.5) is 0 Å². The molecule has 2 heterocycles. The minimum Gasteiger partial charge on any atom is -0.480 e. The summed E-state index contributed by atoms with van der Waals surface area (Å²) in [4.78, 5) is 60.8. The number of rotatable bonds is 15. The molecule has 1 aromatic carbocycles. The maximum atomic E-state index is 13.5. The number of H-pyrrole nitrogens is 2. The van der Waals surface area contributed by atoms with E-state index in [4.69, 9.17) is 5.73 Å². The Morgan fingerprint density at radius 1 is 1.02 bits per heavy atom. The number of hydrogen-bond acceptors (Lipinski definition) is 8. The quantitative estimate of drug-likeness (QED) is 0.119. The van der Waals surface area contributed by atoms with Gasteiger partial charge in [-0.2, -0.15) is 11.8 Å². The first-order valence-corrected chi connectivity index (χ1v) is 14.1. The highest BCUT2D eigenvalue weighted by Crippen LogP contribution is 2.19. The van der Waals surface area contributed by atoms with E-state index in [0.717, 1.165) is 16.5 Å². The predicted octanol–water partition coefficient (Wildman–Crippen LogP) is -0.324. The molecule has 2 aromatic heterocycles. The second-order valence-electron chi connectivity index (χ2n) is 9.42. The number of nitrogens with zero attached hydrogens (tertiary/aromatic N) is 1. The lowest BCUT2D eigenvalue weighted by atomic mass is 10.0. The van der Waals surface area contributed by atoms with Crippen molar-refractivity contribution in [3.63, 3.8) is 0 Å². The topological polar surface area (TPSA) is 215 Å². The van der Waals surface area contributed by atoms with E-state index in [9.17, 15) is 29.4 Å². The molecular weight excluding hydrogens is 538 g/mol. The number of carboxylic acid groups (broad SMARTS) is 1. The number of imidazole rings is 1. The van der Waals surface area contributed by atoms with Crippen LogP contribution >= 0.6 is 11.8 Å². The summed E-state index contributed by atoms with van der Waals surface area (Å²) < 4.78 is 0. The Labute approximate surface area is 235 Å². The van der Waals surface area contributed by atoms with E-state index in [2.05, 4.69) is 30.9 Å². The molecule has 40 heavy (non-hydrogen) atoms. The summed E-state index contributed by atoms with van der Waals surface area (Å²) in [5.41, 5.74) is 8.09. The molecule has 5 unspecified atom stereocenters. The molecule has 0 aliphatic rings. The number of nitrogens with two attached hydrogens (primary N) is 1. The Balaban J connectivity index is 1.79. The van der Waals surface area contributed by atoms with Crippen LogP contribution in [-0.4, -0.2) is 91.1 Å². The molecule has 216 valence electrons. The van der Waals surface area contributed by atoms with Gasteiger partial charge < -0.3 is 41.9 Å². The standard InChI is InChI=1S/C26H35N7O6S/c1-14(34)22(25(37)32-21(26(38)39)10-16-12-28-13-30-16)33-24(36)20(31-23(35)18(27)7-8-40-2)9-15-11-29-19-6-4-3-5-17(15)19/h3-6,11-14,18,20-22,29,34H,7-10,27H2,1-2H3,(H,28,30)(H,31,35)(H,32,37)(H,33,36)(H,38,39). The molecule has 13 nitrogen and oxygen atoms in total. The normalized spacial score (nSPS) is 15.0. The average Bonchev–Trinajstić information content (AvgIpc) is 3.59. The highest BCUT2D eigenvalue weighted by molar-refractivity contribution is 7.98. The highest BCUT2D eigenvalue weighted by Gasteiger charge is 2.33. The molecule has 0 saturated heterocycles. The van der Waals surface area contributed by atoms with Crippen LogP contribution in [0, 0.1) is 0 Å².